The number of phenolic OH excluding ortho intramolecular Hbond substituents is 1. The lowest BCUT2D eigenvalue weighted by atomic mass is 9.90. The highest BCUT2D eigenvalue weighted by Gasteiger charge is 2.24. The molecular formula is C13H18BrNO3. The van der Waals surface area contributed by atoms with Crippen LogP contribution in [0.15, 0.2) is 10.5 Å². The molecule has 2 rings (SSSR count). The van der Waals surface area contributed by atoms with Crippen LogP contribution in [-0.2, 0) is 0 Å². The van der Waals surface area contributed by atoms with E-state index in [4.69, 9.17) is 9.47 Å². The van der Waals surface area contributed by atoms with Gasteiger partial charge in [-0.05, 0) is 41.4 Å². The van der Waals surface area contributed by atoms with E-state index in [1.165, 1.54) is 0 Å². The van der Waals surface area contributed by atoms with E-state index >= 15 is 0 Å². The van der Waals surface area contributed by atoms with Crippen LogP contribution in [0.2, 0.25) is 0 Å². The van der Waals surface area contributed by atoms with Gasteiger partial charge in [0.05, 0.1) is 14.2 Å². The third kappa shape index (κ3) is 2.42. The molecule has 2 N–H and O–H groups in total. The fraction of sp³-hybridized carbons (Fsp3) is 0.538. The largest absolute Gasteiger partial charge is 0.506 e. The normalized spacial score (nSPS) is 19.6. The zero-order valence-electron chi connectivity index (χ0n) is 10.6. The van der Waals surface area contributed by atoms with Gasteiger partial charge in [-0.25, -0.2) is 0 Å². The molecule has 0 saturated carbocycles. The van der Waals surface area contributed by atoms with Crippen molar-refractivity contribution in [2.45, 2.75) is 18.8 Å². The fourth-order valence-electron chi connectivity index (χ4n) is 2.39. The number of rotatable bonds is 3. The molecule has 1 atom stereocenters. The molecule has 1 aromatic rings. The maximum Gasteiger partial charge on any atom is 0.178 e. The molecule has 4 nitrogen and oxygen atoms in total. The van der Waals surface area contributed by atoms with Gasteiger partial charge in [-0.2, -0.15) is 0 Å². The predicted octanol–water partition coefficient (Wildman–Crippen LogP) is 2.64. The van der Waals surface area contributed by atoms with E-state index in [0.717, 1.165) is 31.5 Å². The van der Waals surface area contributed by atoms with Crippen molar-refractivity contribution in [2.75, 3.05) is 27.3 Å². The van der Waals surface area contributed by atoms with Crippen LogP contribution in [0.5, 0.6) is 17.2 Å². The summed E-state index contributed by atoms with van der Waals surface area (Å²) in [6.45, 7) is 1.93. The first-order valence-corrected chi connectivity index (χ1v) is 6.82. The Morgan fingerprint density at radius 3 is 2.72 bits per heavy atom. The van der Waals surface area contributed by atoms with Gasteiger partial charge in [0.2, 0.25) is 0 Å². The highest BCUT2D eigenvalue weighted by Crippen LogP contribution is 2.46. The average Bonchev–Trinajstić information content (AvgIpc) is 2.42. The Morgan fingerprint density at radius 1 is 1.39 bits per heavy atom. The summed E-state index contributed by atoms with van der Waals surface area (Å²) in [5.41, 5.74) is 0.909. The summed E-state index contributed by atoms with van der Waals surface area (Å²) in [5.74, 6) is 1.74. The first-order chi connectivity index (χ1) is 8.69. The quantitative estimate of drug-likeness (QED) is 0.900. The number of hydrogen-bond donors (Lipinski definition) is 2. The zero-order valence-corrected chi connectivity index (χ0v) is 12.2. The highest BCUT2D eigenvalue weighted by molar-refractivity contribution is 9.10. The molecule has 1 aliphatic rings. The molecule has 1 heterocycles. The van der Waals surface area contributed by atoms with Crippen molar-refractivity contribution >= 4 is 15.9 Å². The zero-order chi connectivity index (χ0) is 13.1. The summed E-state index contributed by atoms with van der Waals surface area (Å²) in [7, 11) is 3.16. The van der Waals surface area contributed by atoms with Crippen LogP contribution in [0.3, 0.4) is 0 Å². The van der Waals surface area contributed by atoms with Gasteiger partial charge >= 0.3 is 0 Å². The Bertz CT molecular complexity index is 431. The van der Waals surface area contributed by atoms with Crippen molar-refractivity contribution in [3.05, 3.63) is 16.1 Å². The molecule has 0 aliphatic carbocycles. The summed E-state index contributed by atoms with van der Waals surface area (Å²) in [6.07, 6.45) is 2.19. The average molecular weight is 316 g/mol. The fourth-order valence-corrected chi connectivity index (χ4v) is 2.97. The molecule has 0 bridgehead atoms. The van der Waals surface area contributed by atoms with Crippen LogP contribution in [0.25, 0.3) is 0 Å². The standard InChI is InChI=1S/C13H18BrNO3/c1-17-10-6-9(8-4-3-5-15-7-8)12(16)11(14)13(10)18-2/h6,8,15-16H,3-5,7H2,1-2H3. The van der Waals surface area contributed by atoms with Crippen molar-refractivity contribution in [1.29, 1.82) is 0 Å². The van der Waals surface area contributed by atoms with Crippen LogP contribution in [0.4, 0.5) is 0 Å². The molecule has 0 aromatic heterocycles. The van der Waals surface area contributed by atoms with E-state index in [9.17, 15) is 5.11 Å². The Balaban J connectivity index is 2.44. The molecule has 1 fully saturated rings. The summed E-state index contributed by atoms with van der Waals surface area (Å²) < 4.78 is 11.1. The number of piperidine rings is 1. The second-order valence-electron chi connectivity index (χ2n) is 4.41. The van der Waals surface area contributed by atoms with E-state index in [0.29, 0.717) is 21.9 Å². The minimum atomic E-state index is 0.251. The molecule has 18 heavy (non-hydrogen) atoms. The number of phenols is 1. The number of halogens is 1. The number of hydrogen-bond acceptors (Lipinski definition) is 4. The number of nitrogens with one attached hydrogen (secondary N) is 1. The van der Waals surface area contributed by atoms with E-state index in [1.54, 1.807) is 14.2 Å². The first kappa shape index (κ1) is 13.5. The van der Waals surface area contributed by atoms with Gasteiger partial charge < -0.3 is 19.9 Å². The summed E-state index contributed by atoms with van der Waals surface area (Å²) in [6, 6.07) is 1.87. The van der Waals surface area contributed by atoms with Crippen LogP contribution >= 0.6 is 15.9 Å². The Morgan fingerprint density at radius 2 is 2.17 bits per heavy atom. The van der Waals surface area contributed by atoms with Crippen LogP contribution < -0.4 is 14.8 Å². The summed E-state index contributed by atoms with van der Waals surface area (Å²) >= 11 is 3.37. The smallest absolute Gasteiger partial charge is 0.178 e. The van der Waals surface area contributed by atoms with Crippen molar-refractivity contribution in [1.82, 2.24) is 5.32 Å². The Kier molecular flexibility index (Phi) is 4.35. The Hall–Kier alpha value is -0.940. The van der Waals surface area contributed by atoms with Gasteiger partial charge in [0, 0.05) is 18.0 Å². The summed E-state index contributed by atoms with van der Waals surface area (Å²) in [5, 5.41) is 13.6. The van der Waals surface area contributed by atoms with Gasteiger partial charge in [0.15, 0.2) is 11.5 Å². The SMILES string of the molecule is COc1cc(C2CCCNC2)c(O)c(Br)c1OC. The lowest BCUT2D eigenvalue weighted by Crippen LogP contribution is -2.28. The second-order valence-corrected chi connectivity index (χ2v) is 5.20. The minimum absolute atomic E-state index is 0.251. The number of ether oxygens (including phenoxy) is 2. The molecule has 5 heteroatoms. The van der Waals surface area contributed by atoms with Crippen molar-refractivity contribution in [3.63, 3.8) is 0 Å². The monoisotopic (exact) mass is 315 g/mol. The van der Waals surface area contributed by atoms with E-state index in [-0.39, 0.29) is 5.75 Å². The molecule has 100 valence electrons. The van der Waals surface area contributed by atoms with Gasteiger partial charge in [-0.1, -0.05) is 0 Å². The minimum Gasteiger partial charge on any atom is -0.506 e. The lowest BCUT2D eigenvalue weighted by Gasteiger charge is -2.25. The van der Waals surface area contributed by atoms with Crippen LogP contribution in [0, 0.1) is 0 Å². The van der Waals surface area contributed by atoms with Gasteiger partial charge in [0.25, 0.3) is 0 Å². The Labute approximate surface area is 115 Å². The predicted molar refractivity (Wildman–Crippen MR) is 73.8 cm³/mol. The molecule has 1 saturated heterocycles. The van der Waals surface area contributed by atoms with Crippen molar-refractivity contribution in [2.24, 2.45) is 0 Å². The first-order valence-electron chi connectivity index (χ1n) is 6.03. The molecule has 0 amide bonds. The third-order valence-electron chi connectivity index (χ3n) is 3.35. The second kappa shape index (κ2) is 5.80. The van der Waals surface area contributed by atoms with Crippen LogP contribution in [-0.4, -0.2) is 32.4 Å². The summed E-state index contributed by atoms with van der Waals surface area (Å²) in [4.78, 5) is 0. The van der Waals surface area contributed by atoms with Crippen molar-refractivity contribution in [3.8, 4) is 17.2 Å². The number of benzene rings is 1. The highest BCUT2D eigenvalue weighted by atomic mass is 79.9. The van der Waals surface area contributed by atoms with E-state index in [2.05, 4.69) is 21.2 Å². The molecule has 1 aromatic carbocycles. The molecule has 0 radical (unpaired) electrons. The maximum atomic E-state index is 10.3. The van der Waals surface area contributed by atoms with Gasteiger partial charge in [-0.15, -0.1) is 0 Å². The number of methoxy groups -OCH3 is 2. The molecular weight excluding hydrogens is 298 g/mol. The topological polar surface area (TPSA) is 50.7 Å². The maximum absolute atomic E-state index is 10.3. The molecule has 0 spiro atoms. The van der Waals surface area contributed by atoms with E-state index < -0.39 is 0 Å². The molecule has 1 unspecified atom stereocenters. The van der Waals surface area contributed by atoms with Gasteiger partial charge in [0.1, 0.15) is 10.2 Å². The van der Waals surface area contributed by atoms with Gasteiger partial charge in [-0.3, -0.25) is 0 Å². The number of aromatic hydroxyl groups is 1. The van der Waals surface area contributed by atoms with E-state index in [1.807, 2.05) is 6.07 Å². The van der Waals surface area contributed by atoms with Crippen molar-refractivity contribution < 1.29 is 14.6 Å². The lowest BCUT2D eigenvalue weighted by molar-refractivity contribution is 0.345. The van der Waals surface area contributed by atoms with Crippen LogP contribution in [0.1, 0.15) is 24.3 Å². The molecule has 1 aliphatic heterocycles. The third-order valence-corrected chi connectivity index (χ3v) is 4.09.